The molecule has 1 aliphatic rings. The summed E-state index contributed by atoms with van der Waals surface area (Å²) < 4.78 is 10.3. The highest BCUT2D eigenvalue weighted by Gasteiger charge is 2.38. The largest absolute Gasteiger partial charge is 0.466 e. The van der Waals surface area contributed by atoms with Crippen molar-refractivity contribution in [1.29, 1.82) is 0 Å². The average molecular weight is 700 g/mol. The zero-order chi connectivity index (χ0) is 37.5. The molecule has 0 fully saturated rings. The number of nitrogens with two attached hydrogens (primary N) is 1. The molecule has 0 aromatic heterocycles. The number of quaternary nitrogens is 1. The van der Waals surface area contributed by atoms with Gasteiger partial charge in [0.25, 0.3) is 11.4 Å². The Kier molecular flexibility index (Phi) is 12.1. The number of hydrogen-bond acceptors (Lipinski definition) is 9. The van der Waals surface area contributed by atoms with E-state index in [0.29, 0.717) is 18.6 Å². The highest BCUT2D eigenvalue weighted by Crippen LogP contribution is 2.47. The zero-order valence-electron chi connectivity index (χ0n) is 30.4. The van der Waals surface area contributed by atoms with Gasteiger partial charge in [-0.05, 0) is 66.6 Å². The summed E-state index contributed by atoms with van der Waals surface area (Å²) in [5.41, 5.74) is 5.90. The van der Waals surface area contributed by atoms with Gasteiger partial charge in [0.15, 0.2) is 0 Å². The fourth-order valence-electron chi connectivity index (χ4n) is 6.57. The van der Waals surface area contributed by atoms with Crippen LogP contribution in [-0.2, 0) is 49.3 Å². The number of rotatable bonds is 15. The third-order valence-electron chi connectivity index (χ3n) is 9.21. The Morgan fingerprint density at radius 3 is 2.00 bits per heavy atom. The second-order valence-corrected chi connectivity index (χ2v) is 13.8. The van der Waals surface area contributed by atoms with Crippen LogP contribution in [0.3, 0.4) is 0 Å². The van der Waals surface area contributed by atoms with E-state index >= 15 is 0 Å². The molecule has 0 saturated carbocycles. The molecular weight excluding hydrogens is 652 g/mol. The first-order valence-corrected chi connectivity index (χ1v) is 17.0. The lowest BCUT2D eigenvalue weighted by molar-refractivity contribution is -0.589. The lowest BCUT2D eigenvalue weighted by Crippen LogP contribution is -2.76. The van der Waals surface area contributed by atoms with Crippen molar-refractivity contribution >= 4 is 34.7 Å². The van der Waals surface area contributed by atoms with E-state index in [-0.39, 0.29) is 54.7 Å². The number of carbonyl (C=O) groups excluding carboxylic acids is 2. The van der Waals surface area contributed by atoms with Crippen LogP contribution in [-0.4, -0.2) is 42.0 Å². The Morgan fingerprint density at radius 1 is 0.863 bits per heavy atom. The number of nitrogens with zero attached hydrogens (tertiary/aromatic N) is 3. The van der Waals surface area contributed by atoms with E-state index in [4.69, 9.17) is 9.47 Å². The number of nitro benzene ring substituents is 2. The van der Waals surface area contributed by atoms with E-state index in [0.717, 1.165) is 45.4 Å². The molecule has 0 unspecified atom stereocenters. The minimum absolute atomic E-state index is 0.111. The molecule has 3 aromatic carbocycles. The van der Waals surface area contributed by atoms with Gasteiger partial charge in [-0.15, -0.1) is 0 Å². The molecule has 0 atom stereocenters. The number of esters is 2. The van der Waals surface area contributed by atoms with Gasteiger partial charge in [-0.3, -0.25) is 29.8 Å². The van der Waals surface area contributed by atoms with Crippen molar-refractivity contribution in [1.82, 2.24) is 0 Å². The first kappa shape index (κ1) is 38.4. The van der Waals surface area contributed by atoms with E-state index in [1.54, 1.807) is 13.8 Å². The van der Waals surface area contributed by atoms with E-state index in [9.17, 15) is 29.8 Å². The maximum absolute atomic E-state index is 12.4. The van der Waals surface area contributed by atoms with Crippen molar-refractivity contribution < 1.29 is 34.2 Å². The number of carbonyl (C=O) groups is 2. The van der Waals surface area contributed by atoms with Crippen molar-refractivity contribution in [2.45, 2.75) is 78.2 Å². The van der Waals surface area contributed by atoms with Crippen LogP contribution < -0.4 is 10.2 Å². The second-order valence-electron chi connectivity index (χ2n) is 13.8. The molecule has 12 heteroatoms. The molecule has 270 valence electrons. The number of hydrogen-bond donors (Lipinski definition) is 1. The molecule has 4 rings (SSSR count). The number of non-ortho nitro benzene ring substituents is 2. The predicted molar refractivity (Wildman–Crippen MR) is 195 cm³/mol. The lowest BCUT2D eigenvalue weighted by atomic mass is 9.79. The quantitative estimate of drug-likeness (QED) is 0.0794. The van der Waals surface area contributed by atoms with Crippen LogP contribution in [0.2, 0.25) is 0 Å². The van der Waals surface area contributed by atoms with Crippen molar-refractivity contribution in [2.24, 2.45) is 0 Å². The van der Waals surface area contributed by atoms with E-state index in [2.05, 4.69) is 56.9 Å². The molecule has 0 radical (unpaired) electrons. The standard InChI is InChI=1S/C39H46N4O8/c1-8-50-36(44)22-26-13-15-33(40-25-28-18-29(42(46)47)24-30(19-28)43(48)49)31(20-26)38(3,4)17-11-10-12-35-39(5,6)32-21-27(23-37(45)51-9-2)14-16-34(32)41(35)7/h10-16,18-21,24,40H,8-9,17,22-23,25H2,1-7H3/p+1/b11-10+,35-12+. The Labute approximate surface area is 298 Å². The van der Waals surface area contributed by atoms with E-state index in [1.807, 2.05) is 42.7 Å². The van der Waals surface area contributed by atoms with Gasteiger partial charge in [-0.25, -0.2) is 0 Å². The molecule has 0 bridgehead atoms. The highest BCUT2D eigenvalue weighted by molar-refractivity contribution is 5.75. The molecule has 0 saturated heterocycles. The van der Waals surface area contributed by atoms with Gasteiger partial charge in [0, 0.05) is 47.1 Å². The molecule has 1 heterocycles. The Morgan fingerprint density at radius 2 is 1.43 bits per heavy atom. The molecule has 1 aliphatic heterocycles. The van der Waals surface area contributed by atoms with Crippen LogP contribution in [0.25, 0.3) is 0 Å². The number of likely N-dealkylation sites (N-methyl/N-ethyl adjacent to an activating group) is 1. The topological polar surface area (TPSA) is 159 Å². The molecule has 12 nitrogen and oxygen atoms in total. The molecule has 0 aliphatic carbocycles. The monoisotopic (exact) mass is 699 g/mol. The van der Waals surface area contributed by atoms with E-state index in [1.165, 1.54) is 12.1 Å². The van der Waals surface area contributed by atoms with Crippen LogP contribution in [0.1, 0.15) is 75.8 Å². The van der Waals surface area contributed by atoms with Crippen LogP contribution in [0, 0.1) is 20.2 Å². The number of fused-ring (bicyclic) bond motifs is 1. The van der Waals surface area contributed by atoms with Crippen molar-refractivity contribution in [3.8, 4) is 0 Å². The van der Waals surface area contributed by atoms with Crippen LogP contribution in [0.4, 0.5) is 22.7 Å². The predicted octanol–water partition coefficient (Wildman–Crippen LogP) is 6.64. The van der Waals surface area contributed by atoms with Gasteiger partial charge >= 0.3 is 11.9 Å². The van der Waals surface area contributed by atoms with Crippen LogP contribution in [0.15, 0.2) is 78.5 Å². The summed E-state index contributed by atoms with van der Waals surface area (Å²) in [6, 6.07) is 15.5. The highest BCUT2D eigenvalue weighted by atomic mass is 16.6. The van der Waals surface area contributed by atoms with Crippen LogP contribution >= 0.6 is 0 Å². The summed E-state index contributed by atoms with van der Waals surface area (Å²) in [5, 5.41) is 24.8. The third kappa shape index (κ3) is 9.26. The first-order chi connectivity index (χ1) is 24.1. The molecule has 2 N–H and O–H groups in total. The molecule has 0 spiro atoms. The molecular formula is C39H47N4O8+. The molecule has 0 amide bonds. The Bertz CT molecular complexity index is 1850. The molecule has 3 aromatic rings. The summed E-state index contributed by atoms with van der Waals surface area (Å²) in [6.45, 7) is 13.0. The minimum atomic E-state index is -0.635. The number of benzene rings is 3. The SMILES string of the molecule is CCOC(=O)Cc1ccc([NH2+]Cc2cc([N+](=O)[O-])cc([N+](=O)[O-])c2)c(C(C)(C)C/C=C/C=C2/N(C)c3ccc(CC(=O)OCC)cc3C2(C)C)c1. The maximum Gasteiger partial charge on any atom is 0.310 e. The lowest BCUT2D eigenvalue weighted by Gasteiger charge is -2.26. The van der Waals surface area contributed by atoms with Crippen molar-refractivity contribution in [3.63, 3.8) is 0 Å². The Balaban J connectivity index is 1.59. The van der Waals surface area contributed by atoms with Crippen molar-refractivity contribution in [2.75, 3.05) is 25.2 Å². The van der Waals surface area contributed by atoms with Crippen molar-refractivity contribution in [3.05, 3.63) is 127 Å². The van der Waals surface area contributed by atoms with Gasteiger partial charge in [0.2, 0.25) is 0 Å². The number of nitro groups is 2. The van der Waals surface area contributed by atoms with Gasteiger partial charge in [-0.1, -0.05) is 58.0 Å². The summed E-state index contributed by atoms with van der Waals surface area (Å²) in [7, 11) is 2.04. The Hall–Kier alpha value is -5.36. The average Bonchev–Trinajstić information content (AvgIpc) is 3.25. The normalized spacial score (nSPS) is 14.5. The fraction of sp³-hybridized carbons (Fsp3) is 0.385. The van der Waals surface area contributed by atoms with Gasteiger partial charge in [0.1, 0.15) is 12.2 Å². The summed E-state index contributed by atoms with van der Waals surface area (Å²) in [6.07, 6.45) is 7.25. The smallest absolute Gasteiger partial charge is 0.310 e. The van der Waals surface area contributed by atoms with E-state index < -0.39 is 15.3 Å². The van der Waals surface area contributed by atoms with Gasteiger partial charge < -0.3 is 19.7 Å². The van der Waals surface area contributed by atoms with Crippen LogP contribution in [0.5, 0.6) is 0 Å². The maximum atomic E-state index is 12.4. The fourth-order valence-corrected chi connectivity index (χ4v) is 6.57. The number of allylic oxidation sites excluding steroid dienone is 4. The minimum Gasteiger partial charge on any atom is -0.466 e. The number of anilines is 1. The third-order valence-corrected chi connectivity index (χ3v) is 9.21. The zero-order valence-corrected chi connectivity index (χ0v) is 30.4. The summed E-state index contributed by atoms with van der Waals surface area (Å²) >= 11 is 0. The van der Waals surface area contributed by atoms with Gasteiger partial charge in [0.05, 0.1) is 42.0 Å². The summed E-state index contributed by atoms with van der Waals surface area (Å²) in [4.78, 5) is 48.3. The van der Waals surface area contributed by atoms with Gasteiger partial charge in [-0.2, -0.15) is 0 Å². The summed E-state index contributed by atoms with van der Waals surface area (Å²) in [5.74, 6) is -0.575. The number of ether oxygens (including phenoxy) is 2. The molecule has 51 heavy (non-hydrogen) atoms. The second kappa shape index (κ2) is 16.1. The first-order valence-electron chi connectivity index (χ1n) is 17.0.